The lowest BCUT2D eigenvalue weighted by Crippen LogP contribution is -2.11. The van der Waals surface area contributed by atoms with Gasteiger partial charge in [0.15, 0.2) is 0 Å². The predicted molar refractivity (Wildman–Crippen MR) is 59.5 cm³/mol. The molecule has 1 amide bonds. The smallest absolute Gasteiger partial charge is 0.404 e. The van der Waals surface area contributed by atoms with Gasteiger partial charge in [0.25, 0.3) is 0 Å². The van der Waals surface area contributed by atoms with Gasteiger partial charge in [-0.25, -0.2) is 4.79 Å². The van der Waals surface area contributed by atoms with Crippen LogP contribution < -0.4 is 5.73 Å². The molecule has 0 bridgehead atoms. The van der Waals surface area contributed by atoms with E-state index in [4.69, 9.17) is 0 Å². The molecule has 15 heavy (non-hydrogen) atoms. The van der Waals surface area contributed by atoms with Crippen molar-refractivity contribution < 1.29 is 9.53 Å². The summed E-state index contributed by atoms with van der Waals surface area (Å²) in [7, 11) is 0. The minimum atomic E-state index is -0.711. The molecule has 0 radical (unpaired) electrons. The van der Waals surface area contributed by atoms with Crippen LogP contribution in [0.15, 0.2) is 36.5 Å². The van der Waals surface area contributed by atoms with Gasteiger partial charge in [-0.2, -0.15) is 0 Å². The Balaban J connectivity index is 0.000000167. The molecule has 0 aliphatic rings. The number of ether oxygens (including phenoxy) is 1. The van der Waals surface area contributed by atoms with Crippen molar-refractivity contribution in [3.8, 4) is 0 Å². The largest absolute Gasteiger partial charge is 0.450 e. The van der Waals surface area contributed by atoms with Crippen molar-refractivity contribution in [2.24, 2.45) is 5.73 Å². The van der Waals surface area contributed by atoms with Crippen LogP contribution in [0.1, 0.15) is 6.92 Å². The van der Waals surface area contributed by atoms with Crippen LogP contribution in [-0.4, -0.2) is 17.7 Å². The molecular formula is C11H14N2O2. The van der Waals surface area contributed by atoms with Gasteiger partial charge in [-0.1, -0.05) is 18.2 Å². The highest BCUT2D eigenvalue weighted by molar-refractivity contribution is 5.78. The Bertz CT molecular complexity index is 393. The number of aromatic nitrogens is 1. The molecule has 4 nitrogen and oxygen atoms in total. The Morgan fingerprint density at radius 2 is 2.13 bits per heavy atom. The Morgan fingerprint density at radius 1 is 1.40 bits per heavy atom. The molecule has 2 aromatic rings. The first-order valence-corrected chi connectivity index (χ1v) is 4.68. The first-order valence-electron chi connectivity index (χ1n) is 4.68. The van der Waals surface area contributed by atoms with E-state index in [-0.39, 0.29) is 0 Å². The van der Waals surface area contributed by atoms with E-state index in [9.17, 15) is 4.79 Å². The molecule has 4 heteroatoms. The lowest BCUT2D eigenvalue weighted by atomic mass is 10.3. The van der Waals surface area contributed by atoms with E-state index < -0.39 is 6.09 Å². The number of nitrogens with one attached hydrogen (secondary N) is 1. The number of amides is 1. The first-order chi connectivity index (χ1) is 7.24. The molecule has 0 fully saturated rings. The molecule has 0 aliphatic carbocycles. The highest BCUT2D eigenvalue weighted by atomic mass is 16.5. The van der Waals surface area contributed by atoms with E-state index in [0.717, 1.165) is 0 Å². The summed E-state index contributed by atoms with van der Waals surface area (Å²) in [5, 5.41) is 1.28. The second kappa shape index (κ2) is 5.70. The lowest BCUT2D eigenvalue weighted by molar-refractivity contribution is 0.163. The maximum Gasteiger partial charge on any atom is 0.404 e. The Hall–Kier alpha value is -1.97. The third-order valence-electron chi connectivity index (χ3n) is 1.75. The van der Waals surface area contributed by atoms with E-state index in [1.807, 2.05) is 18.3 Å². The number of nitrogens with two attached hydrogens (primary N) is 1. The maximum absolute atomic E-state index is 9.60. The van der Waals surface area contributed by atoms with E-state index in [1.54, 1.807) is 6.92 Å². The standard InChI is InChI=1S/C8H7N.C3H7NO2/c1-2-4-8-7(3-1)5-6-9-8;1-2-6-3(4)5/h1-6,9H;2H2,1H3,(H2,4,5). The Labute approximate surface area is 88.0 Å². The van der Waals surface area contributed by atoms with Gasteiger partial charge in [0.2, 0.25) is 0 Å². The average Bonchev–Trinajstić information content (AvgIpc) is 2.65. The van der Waals surface area contributed by atoms with Gasteiger partial charge in [0, 0.05) is 11.7 Å². The van der Waals surface area contributed by atoms with E-state index in [1.165, 1.54) is 10.9 Å². The van der Waals surface area contributed by atoms with Crippen molar-refractivity contribution in [1.82, 2.24) is 4.98 Å². The van der Waals surface area contributed by atoms with Gasteiger partial charge in [-0.15, -0.1) is 0 Å². The fourth-order valence-electron chi connectivity index (χ4n) is 1.14. The average molecular weight is 206 g/mol. The summed E-state index contributed by atoms with van der Waals surface area (Å²) in [5.74, 6) is 0. The third-order valence-corrected chi connectivity index (χ3v) is 1.75. The first kappa shape index (κ1) is 11.1. The van der Waals surface area contributed by atoms with Crippen molar-refractivity contribution in [3.63, 3.8) is 0 Å². The topological polar surface area (TPSA) is 68.1 Å². The minimum Gasteiger partial charge on any atom is -0.450 e. The van der Waals surface area contributed by atoms with Gasteiger partial charge in [0.1, 0.15) is 0 Å². The molecule has 3 N–H and O–H groups in total. The maximum atomic E-state index is 9.60. The van der Waals surface area contributed by atoms with Crippen LogP contribution in [-0.2, 0) is 4.74 Å². The van der Waals surface area contributed by atoms with Crippen molar-refractivity contribution in [2.75, 3.05) is 6.61 Å². The van der Waals surface area contributed by atoms with Gasteiger partial charge in [0.05, 0.1) is 6.61 Å². The number of hydrogen-bond donors (Lipinski definition) is 2. The van der Waals surface area contributed by atoms with Crippen molar-refractivity contribution >= 4 is 17.0 Å². The predicted octanol–water partition coefficient (Wildman–Crippen LogP) is 2.27. The van der Waals surface area contributed by atoms with Gasteiger partial charge in [-0.3, -0.25) is 0 Å². The summed E-state index contributed by atoms with van der Waals surface area (Å²) in [6.07, 6.45) is 1.24. The number of fused-ring (bicyclic) bond motifs is 1. The number of rotatable bonds is 1. The van der Waals surface area contributed by atoms with Crippen LogP contribution in [0.25, 0.3) is 10.9 Å². The second-order valence-corrected chi connectivity index (χ2v) is 2.82. The molecule has 1 aromatic carbocycles. The minimum absolute atomic E-state index is 0.356. The molecule has 0 unspecified atom stereocenters. The van der Waals surface area contributed by atoms with E-state index in [0.29, 0.717) is 6.61 Å². The van der Waals surface area contributed by atoms with Crippen LogP contribution in [0.3, 0.4) is 0 Å². The second-order valence-electron chi connectivity index (χ2n) is 2.82. The number of H-pyrrole nitrogens is 1. The zero-order valence-electron chi connectivity index (χ0n) is 8.57. The highest BCUT2D eigenvalue weighted by Crippen LogP contribution is 2.09. The van der Waals surface area contributed by atoms with Gasteiger partial charge >= 0.3 is 6.09 Å². The Kier molecular flexibility index (Phi) is 4.22. The quantitative estimate of drug-likeness (QED) is 0.751. The summed E-state index contributed by atoms with van der Waals surface area (Å²) < 4.78 is 4.18. The molecule has 0 saturated heterocycles. The zero-order valence-corrected chi connectivity index (χ0v) is 8.57. The van der Waals surface area contributed by atoms with Crippen molar-refractivity contribution in [3.05, 3.63) is 36.5 Å². The van der Waals surface area contributed by atoms with Crippen molar-refractivity contribution in [1.29, 1.82) is 0 Å². The molecule has 0 spiro atoms. The number of carbonyl (C=O) groups excluding carboxylic acids is 1. The van der Waals surface area contributed by atoms with Crippen LogP contribution in [0.5, 0.6) is 0 Å². The number of carbonyl (C=O) groups is 1. The Morgan fingerprint density at radius 3 is 2.67 bits per heavy atom. The van der Waals surface area contributed by atoms with Crippen molar-refractivity contribution in [2.45, 2.75) is 6.92 Å². The fourth-order valence-corrected chi connectivity index (χ4v) is 1.14. The molecule has 0 aliphatic heterocycles. The fraction of sp³-hybridized carbons (Fsp3) is 0.182. The molecule has 80 valence electrons. The number of para-hydroxylation sites is 1. The summed E-state index contributed by atoms with van der Waals surface area (Å²) in [5.41, 5.74) is 5.75. The SMILES string of the molecule is CCOC(N)=O.c1ccc2[nH]ccc2c1. The van der Waals surface area contributed by atoms with Gasteiger partial charge < -0.3 is 15.5 Å². The number of benzene rings is 1. The highest BCUT2D eigenvalue weighted by Gasteiger charge is 1.86. The normalized spacial score (nSPS) is 9.13. The molecule has 0 atom stereocenters. The molecular weight excluding hydrogens is 192 g/mol. The molecule has 0 saturated carbocycles. The number of aromatic amines is 1. The van der Waals surface area contributed by atoms with E-state index in [2.05, 4.69) is 33.7 Å². The van der Waals surface area contributed by atoms with Crippen LogP contribution >= 0.6 is 0 Å². The zero-order chi connectivity index (χ0) is 11.1. The molecule has 2 rings (SSSR count). The summed E-state index contributed by atoms with van der Waals surface area (Å²) in [4.78, 5) is 12.7. The monoisotopic (exact) mass is 206 g/mol. The summed E-state index contributed by atoms with van der Waals surface area (Å²) in [6.45, 7) is 2.06. The molecule has 1 heterocycles. The summed E-state index contributed by atoms with van der Waals surface area (Å²) >= 11 is 0. The molecule has 1 aromatic heterocycles. The summed E-state index contributed by atoms with van der Waals surface area (Å²) in [6, 6.07) is 10.3. The lowest BCUT2D eigenvalue weighted by Gasteiger charge is -1.89. The van der Waals surface area contributed by atoms with Crippen LogP contribution in [0.2, 0.25) is 0 Å². The van der Waals surface area contributed by atoms with Gasteiger partial charge in [-0.05, 0) is 24.4 Å². The van der Waals surface area contributed by atoms with Crippen LogP contribution in [0, 0.1) is 0 Å². The van der Waals surface area contributed by atoms with Crippen LogP contribution in [0.4, 0.5) is 4.79 Å². The number of hydrogen-bond acceptors (Lipinski definition) is 2. The third kappa shape index (κ3) is 3.72. The number of primary amides is 1. The van der Waals surface area contributed by atoms with E-state index >= 15 is 0 Å².